The third-order valence-corrected chi connectivity index (χ3v) is 16.0. The van der Waals surface area contributed by atoms with E-state index in [1.807, 2.05) is 48.7 Å². The van der Waals surface area contributed by atoms with Gasteiger partial charge in [-0.3, -0.25) is 4.90 Å². The molecule has 11 rings (SSSR count). The second-order valence-electron chi connectivity index (χ2n) is 14.2. The summed E-state index contributed by atoms with van der Waals surface area (Å²) >= 11 is 0. The molecule has 0 spiro atoms. The number of imidazole rings is 1. The number of aromatic nitrogens is 3. The molecule has 0 saturated heterocycles. The predicted molar refractivity (Wildman–Crippen MR) is 230 cm³/mol. The molecule has 266 valence electrons. The lowest BCUT2D eigenvalue weighted by Gasteiger charge is -2.44. The molecule has 1 aliphatic heterocycles. The number of benzene rings is 7. The first-order chi connectivity index (χ1) is 27.7. The van der Waals surface area contributed by atoms with Gasteiger partial charge in [0.1, 0.15) is 34.3 Å². The van der Waals surface area contributed by atoms with Crippen LogP contribution in [0.1, 0.15) is 0 Å². The summed E-state index contributed by atoms with van der Waals surface area (Å²) in [6.45, 7) is 0. The average molecular weight is 739 g/mol. The monoisotopic (exact) mass is 738 g/mol. The van der Waals surface area contributed by atoms with Crippen LogP contribution in [0, 0.1) is 0 Å². The van der Waals surface area contributed by atoms with Crippen molar-refractivity contribution >= 4 is 79.0 Å². The Bertz CT molecular complexity index is 3060. The van der Waals surface area contributed by atoms with Gasteiger partial charge in [0, 0.05) is 30.3 Å². The number of hydrogen-bond acceptors (Lipinski definition) is 5. The average Bonchev–Trinajstić information content (AvgIpc) is 3.81. The van der Waals surface area contributed by atoms with E-state index < -0.39 is 8.07 Å². The van der Waals surface area contributed by atoms with Gasteiger partial charge in [-0.2, -0.15) is 0 Å². The number of anilines is 3. The highest BCUT2D eigenvalue weighted by atomic mass is 28.3. The maximum absolute atomic E-state index is 6.69. The van der Waals surface area contributed by atoms with Crippen molar-refractivity contribution in [1.29, 1.82) is 0 Å². The Hall–Kier alpha value is -7.22. The molecule has 0 unspecified atom stereocenters. The molecule has 10 aromatic rings. The van der Waals surface area contributed by atoms with Crippen LogP contribution in [-0.4, -0.2) is 22.6 Å². The van der Waals surface area contributed by atoms with E-state index >= 15 is 0 Å². The molecule has 56 heavy (non-hydrogen) atoms. The summed E-state index contributed by atoms with van der Waals surface area (Å²) in [5, 5.41) is 7.23. The van der Waals surface area contributed by atoms with E-state index in [4.69, 9.17) is 19.1 Å². The van der Waals surface area contributed by atoms with Gasteiger partial charge in [-0.1, -0.05) is 121 Å². The van der Waals surface area contributed by atoms with Crippen LogP contribution in [0.15, 0.2) is 193 Å². The largest absolute Gasteiger partial charge is 0.457 e. The van der Waals surface area contributed by atoms with Crippen LogP contribution in [0.2, 0.25) is 0 Å². The Kier molecular flexibility index (Phi) is 7.30. The maximum Gasteiger partial charge on any atom is 0.186 e. The quantitative estimate of drug-likeness (QED) is 0.159. The number of ether oxygens (including phenoxy) is 1. The molecule has 0 N–H and O–H groups in total. The number of fused-ring (bicyclic) bond motifs is 7. The van der Waals surface area contributed by atoms with Gasteiger partial charge in [0.05, 0.1) is 27.8 Å². The van der Waals surface area contributed by atoms with Crippen LogP contribution in [0.3, 0.4) is 0 Å². The molecule has 7 heteroatoms. The second-order valence-corrected chi connectivity index (χ2v) is 18.0. The van der Waals surface area contributed by atoms with Crippen LogP contribution in [-0.2, 0) is 7.05 Å². The van der Waals surface area contributed by atoms with E-state index in [0.29, 0.717) is 5.75 Å². The zero-order valence-electron chi connectivity index (χ0n) is 30.5. The van der Waals surface area contributed by atoms with Gasteiger partial charge in [0.15, 0.2) is 8.07 Å². The number of furan rings is 1. The molecule has 0 radical (unpaired) electrons. The molecule has 7 aromatic carbocycles. The number of pyridine rings is 1. The molecule has 0 saturated carbocycles. The summed E-state index contributed by atoms with van der Waals surface area (Å²) in [6.07, 6.45) is 1.91. The normalized spacial score (nSPS) is 13.2. The summed E-state index contributed by atoms with van der Waals surface area (Å²) in [4.78, 5) is 12.5. The summed E-state index contributed by atoms with van der Waals surface area (Å²) < 4.78 is 15.4. The molecule has 0 fully saturated rings. The van der Waals surface area contributed by atoms with E-state index in [0.717, 1.165) is 67.3 Å². The Labute approximate surface area is 324 Å². The molecular weight excluding hydrogens is 705 g/mol. The molecule has 4 heterocycles. The van der Waals surface area contributed by atoms with E-state index in [9.17, 15) is 0 Å². The summed E-state index contributed by atoms with van der Waals surface area (Å²) in [7, 11) is -0.891. The number of hydrogen-bond donors (Lipinski definition) is 0. The molecule has 3 aromatic heterocycles. The fourth-order valence-corrected chi connectivity index (χ4v) is 13.8. The Morgan fingerprint density at radius 3 is 2.11 bits per heavy atom. The zero-order valence-corrected chi connectivity index (χ0v) is 31.5. The van der Waals surface area contributed by atoms with Gasteiger partial charge in [0.2, 0.25) is 0 Å². The minimum Gasteiger partial charge on any atom is -0.457 e. The minimum absolute atomic E-state index is 0.716. The van der Waals surface area contributed by atoms with Gasteiger partial charge in [-0.15, -0.1) is 0 Å². The molecule has 1 aliphatic rings. The fourth-order valence-electron chi connectivity index (χ4n) is 8.79. The van der Waals surface area contributed by atoms with Crippen molar-refractivity contribution in [2.75, 3.05) is 4.90 Å². The second kappa shape index (κ2) is 12.7. The molecule has 0 amide bonds. The van der Waals surface area contributed by atoms with E-state index in [1.54, 1.807) is 0 Å². The van der Waals surface area contributed by atoms with Gasteiger partial charge in [-0.05, 0) is 75.3 Å². The standard InChI is InChI=1S/C49H34N4O2Si/c1-52-41-25-10-9-24-40(41)51-48(52)33-15-12-17-35(31-33)54-36-18-13-16-34(32-36)53-47-44(29-28-43-46(47)39-23-8-11-26-42(39)55-43)56(37-19-4-2-5-20-37,38-21-6-3-7-22-38)45-27-14-30-50-49(45)53/h2-32H,1H3. The van der Waals surface area contributed by atoms with Crippen molar-refractivity contribution in [2.24, 2.45) is 7.05 Å². The summed E-state index contributed by atoms with van der Waals surface area (Å²) in [6, 6.07) is 63.9. The van der Waals surface area contributed by atoms with Crippen LogP contribution in [0.4, 0.5) is 17.2 Å². The molecule has 0 atom stereocenters. The highest BCUT2D eigenvalue weighted by Crippen LogP contribution is 2.45. The predicted octanol–water partition coefficient (Wildman–Crippen LogP) is 9.49. The van der Waals surface area contributed by atoms with Gasteiger partial charge in [0.25, 0.3) is 0 Å². The van der Waals surface area contributed by atoms with Crippen molar-refractivity contribution in [3.05, 3.63) is 188 Å². The van der Waals surface area contributed by atoms with Crippen molar-refractivity contribution in [3.63, 3.8) is 0 Å². The minimum atomic E-state index is -2.94. The molecule has 0 bridgehead atoms. The lowest BCUT2D eigenvalue weighted by atomic mass is 10.1. The summed E-state index contributed by atoms with van der Waals surface area (Å²) in [5.41, 5.74) is 6.75. The zero-order chi connectivity index (χ0) is 37.2. The fraction of sp³-hybridized carbons (Fsp3) is 0.0204. The first kappa shape index (κ1) is 32.2. The number of para-hydroxylation sites is 3. The number of nitrogens with zero attached hydrogens (tertiary/aromatic N) is 4. The first-order valence-corrected chi connectivity index (χ1v) is 20.8. The Balaban J connectivity index is 1.12. The first-order valence-electron chi connectivity index (χ1n) is 18.8. The van der Waals surface area contributed by atoms with Crippen LogP contribution in [0.25, 0.3) is 44.4 Å². The van der Waals surface area contributed by atoms with Gasteiger partial charge >= 0.3 is 0 Å². The Morgan fingerprint density at radius 1 is 0.589 bits per heavy atom. The summed E-state index contributed by atoms with van der Waals surface area (Å²) in [5.74, 6) is 3.23. The van der Waals surface area contributed by atoms with Crippen LogP contribution >= 0.6 is 0 Å². The lowest BCUT2D eigenvalue weighted by Crippen LogP contribution is -2.77. The van der Waals surface area contributed by atoms with Crippen molar-refractivity contribution in [2.45, 2.75) is 0 Å². The number of aryl methyl sites for hydroxylation is 1. The van der Waals surface area contributed by atoms with Gasteiger partial charge in [-0.25, -0.2) is 9.97 Å². The van der Waals surface area contributed by atoms with Gasteiger partial charge < -0.3 is 13.7 Å². The number of rotatable bonds is 6. The highest BCUT2D eigenvalue weighted by molar-refractivity contribution is 7.21. The molecule has 6 nitrogen and oxygen atoms in total. The van der Waals surface area contributed by atoms with Crippen molar-refractivity contribution < 1.29 is 9.15 Å². The van der Waals surface area contributed by atoms with Crippen molar-refractivity contribution in [1.82, 2.24) is 14.5 Å². The smallest absolute Gasteiger partial charge is 0.186 e. The Morgan fingerprint density at radius 2 is 1.30 bits per heavy atom. The third kappa shape index (κ3) is 4.81. The SMILES string of the molecule is Cn1c(-c2cccc(Oc3cccc(N4c5ncccc5[Si](c5ccccc5)(c5ccccc5)c5ccc6oc7ccccc7c6c54)c3)c2)nc2ccccc21. The maximum atomic E-state index is 6.69. The van der Waals surface area contributed by atoms with E-state index in [1.165, 1.54) is 20.7 Å². The van der Waals surface area contributed by atoms with Crippen LogP contribution in [0.5, 0.6) is 11.5 Å². The van der Waals surface area contributed by atoms with Crippen LogP contribution < -0.4 is 30.4 Å². The van der Waals surface area contributed by atoms with Crippen molar-refractivity contribution in [3.8, 4) is 22.9 Å². The molecular formula is C49H34N4O2Si. The molecule has 0 aliphatic carbocycles. The lowest BCUT2D eigenvalue weighted by molar-refractivity contribution is 0.483. The highest BCUT2D eigenvalue weighted by Gasteiger charge is 2.50. The topological polar surface area (TPSA) is 56.3 Å². The van der Waals surface area contributed by atoms with E-state index in [2.05, 4.69) is 156 Å². The third-order valence-electron chi connectivity index (χ3n) is 11.2. The van der Waals surface area contributed by atoms with E-state index in [-0.39, 0.29) is 0 Å².